The summed E-state index contributed by atoms with van der Waals surface area (Å²) in [5, 5.41) is 0. The van der Waals surface area contributed by atoms with Crippen LogP contribution in [0.4, 0.5) is 0 Å². The van der Waals surface area contributed by atoms with Crippen LogP contribution in [0.1, 0.15) is 18.9 Å². The van der Waals surface area contributed by atoms with Crippen molar-refractivity contribution in [2.45, 2.75) is 13.3 Å². The van der Waals surface area contributed by atoms with Gasteiger partial charge in [-0.2, -0.15) is 0 Å². The Hall–Kier alpha value is -1.09. The summed E-state index contributed by atoms with van der Waals surface area (Å²) < 4.78 is 3.07. The van der Waals surface area contributed by atoms with Crippen molar-refractivity contribution in [3.63, 3.8) is 0 Å². The second-order valence-electron chi connectivity index (χ2n) is 2.85. The fourth-order valence-corrected chi connectivity index (χ4v) is 1.80. The molecule has 14 heavy (non-hydrogen) atoms. The van der Waals surface area contributed by atoms with Crippen molar-refractivity contribution in [2.75, 3.05) is 0 Å². The normalized spacial score (nSPS) is 8.64. The molecular formula is C13H12Se. The Morgan fingerprint density at radius 2 is 2.00 bits per heavy atom. The molecule has 0 aromatic heterocycles. The molecule has 0 aliphatic heterocycles. The summed E-state index contributed by atoms with van der Waals surface area (Å²) >= 11 is 2.81. The van der Waals surface area contributed by atoms with E-state index in [1.165, 1.54) is 0 Å². The third kappa shape index (κ3) is 2.45. The first-order valence-electron chi connectivity index (χ1n) is 4.53. The second kappa shape index (κ2) is 5.60. The summed E-state index contributed by atoms with van der Waals surface area (Å²) in [5.41, 5.74) is 6.25. The zero-order valence-corrected chi connectivity index (χ0v) is 9.92. The van der Waals surface area contributed by atoms with E-state index in [-0.39, 0.29) is 0 Å². The predicted molar refractivity (Wildman–Crippen MR) is 63.6 cm³/mol. The van der Waals surface area contributed by atoms with E-state index in [1.807, 2.05) is 18.2 Å². The SMILES string of the molecule is C=C=C(CC)C(=C=[Se])c1ccccc1. The molecule has 0 aliphatic rings. The summed E-state index contributed by atoms with van der Waals surface area (Å²) in [6.45, 7) is 5.78. The van der Waals surface area contributed by atoms with Crippen LogP contribution in [-0.4, -0.2) is 20.2 Å². The third-order valence-electron chi connectivity index (χ3n) is 2.03. The summed E-state index contributed by atoms with van der Waals surface area (Å²) in [6.07, 6.45) is 0.919. The summed E-state index contributed by atoms with van der Waals surface area (Å²) in [7, 11) is 0. The summed E-state index contributed by atoms with van der Waals surface area (Å²) in [4.78, 5) is 0. The van der Waals surface area contributed by atoms with Crippen LogP contribution in [0.2, 0.25) is 0 Å². The van der Waals surface area contributed by atoms with E-state index < -0.39 is 0 Å². The van der Waals surface area contributed by atoms with Gasteiger partial charge >= 0.3 is 92.8 Å². The average molecular weight is 247 g/mol. The van der Waals surface area contributed by atoms with Gasteiger partial charge in [0.2, 0.25) is 0 Å². The van der Waals surface area contributed by atoms with Gasteiger partial charge in [-0.05, 0) is 0 Å². The van der Waals surface area contributed by atoms with Crippen molar-refractivity contribution in [3.05, 3.63) is 53.8 Å². The zero-order valence-electron chi connectivity index (χ0n) is 8.21. The van der Waals surface area contributed by atoms with Gasteiger partial charge in [0.15, 0.2) is 0 Å². The van der Waals surface area contributed by atoms with Gasteiger partial charge in [-0.25, -0.2) is 0 Å². The Labute approximate surface area is 93.0 Å². The molecule has 0 unspecified atom stereocenters. The van der Waals surface area contributed by atoms with Gasteiger partial charge < -0.3 is 0 Å². The molecule has 0 radical (unpaired) electrons. The molecule has 0 spiro atoms. The molecular weight excluding hydrogens is 235 g/mol. The molecule has 0 aliphatic carbocycles. The van der Waals surface area contributed by atoms with Gasteiger partial charge in [0.05, 0.1) is 0 Å². The number of hydrogen-bond donors (Lipinski definition) is 0. The standard InChI is InChI=1S/C13H12Se/c1-3-11(4-2)13(10-14)12-8-6-5-7-9-12/h5-9H,1,4H2,2H3. The maximum absolute atomic E-state index is 3.69. The fraction of sp³-hybridized carbons (Fsp3) is 0.154. The molecule has 70 valence electrons. The molecule has 0 fully saturated rings. The quantitative estimate of drug-likeness (QED) is 0.437. The summed E-state index contributed by atoms with van der Waals surface area (Å²) in [6, 6.07) is 10.2. The van der Waals surface area contributed by atoms with Crippen molar-refractivity contribution in [1.29, 1.82) is 0 Å². The van der Waals surface area contributed by atoms with Crippen molar-refractivity contribution in [2.24, 2.45) is 0 Å². The molecule has 0 N–H and O–H groups in total. The molecule has 0 saturated carbocycles. The average Bonchev–Trinajstić information content (AvgIpc) is 2.27. The second-order valence-corrected chi connectivity index (χ2v) is 3.28. The van der Waals surface area contributed by atoms with Crippen LogP contribution in [0.3, 0.4) is 0 Å². The van der Waals surface area contributed by atoms with Gasteiger partial charge in [0.25, 0.3) is 0 Å². The van der Waals surface area contributed by atoms with Gasteiger partial charge in [-0.15, -0.1) is 0 Å². The molecule has 1 heteroatoms. The predicted octanol–water partition coefficient (Wildman–Crippen LogP) is 2.76. The first-order valence-corrected chi connectivity index (χ1v) is 5.39. The molecule has 0 saturated heterocycles. The first kappa shape index (κ1) is 11.0. The Morgan fingerprint density at radius 1 is 1.36 bits per heavy atom. The number of allylic oxidation sites excluding steroid dienone is 2. The molecule has 0 atom stereocenters. The molecule has 1 aromatic carbocycles. The Kier molecular flexibility index (Phi) is 4.39. The fourth-order valence-electron chi connectivity index (χ4n) is 1.29. The van der Waals surface area contributed by atoms with Gasteiger partial charge in [-0.1, -0.05) is 0 Å². The van der Waals surface area contributed by atoms with Crippen LogP contribution >= 0.6 is 0 Å². The van der Waals surface area contributed by atoms with Crippen LogP contribution in [0.15, 0.2) is 48.2 Å². The molecule has 0 bridgehead atoms. The Bertz CT molecular complexity index is 402. The topological polar surface area (TPSA) is 0 Å². The van der Waals surface area contributed by atoms with Crippen LogP contribution in [0.5, 0.6) is 0 Å². The molecule has 0 amide bonds. The Balaban J connectivity index is 3.20. The maximum atomic E-state index is 3.69. The molecule has 0 nitrogen and oxygen atoms in total. The minimum absolute atomic E-state index is 0.919. The third-order valence-corrected chi connectivity index (χ3v) is 2.46. The number of rotatable bonds is 3. The number of benzene rings is 1. The monoisotopic (exact) mass is 248 g/mol. The van der Waals surface area contributed by atoms with E-state index in [0.29, 0.717) is 0 Å². The van der Waals surface area contributed by atoms with Gasteiger partial charge in [0.1, 0.15) is 0 Å². The van der Waals surface area contributed by atoms with E-state index in [2.05, 4.69) is 51.5 Å². The Morgan fingerprint density at radius 3 is 2.43 bits per heavy atom. The molecule has 1 rings (SSSR count). The first-order chi connectivity index (χ1) is 6.83. The van der Waals surface area contributed by atoms with Crippen LogP contribution in [0.25, 0.3) is 5.57 Å². The van der Waals surface area contributed by atoms with Gasteiger partial charge in [0, 0.05) is 0 Å². The molecule has 1 aromatic rings. The van der Waals surface area contributed by atoms with Crippen molar-refractivity contribution in [3.8, 4) is 0 Å². The van der Waals surface area contributed by atoms with E-state index in [1.54, 1.807) is 0 Å². The number of hydrogen-bond acceptors (Lipinski definition) is 0. The van der Waals surface area contributed by atoms with Crippen molar-refractivity contribution < 1.29 is 0 Å². The van der Waals surface area contributed by atoms with E-state index >= 15 is 0 Å². The zero-order chi connectivity index (χ0) is 10.4. The van der Waals surface area contributed by atoms with E-state index in [0.717, 1.165) is 23.1 Å². The minimum atomic E-state index is 0.919. The van der Waals surface area contributed by atoms with Crippen LogP contribution in [0, 0.1) is 0 Å². The van der Waals surface area contributed by atoms with Crippen LogP contribution < -0.4 is 0 Å². The van der Waals surface area contributed by atoms with E-state index in [4.69, 9.17) is 0 Å². The van der Waals surface area contributed by atoms with E-state index in [9.17, 15) is 0 Å². The van der Waals surface area contributed by atoms with Crippen LogP contribution in [-0.2, 0) is 0 Å². The van der Waals surface area contributed by atoms with Crippen molar-refractivity contribution in [1.82, 2.24) is 0 Å². The van der Waals surface area contributed by atoms with Crippen molar-refractivity contribution >= 4 is 25.7 Å². The summed E-state index contributed by atoms with van der Waals surface area (Å²) in [5.74, 6) is 0. The van der Waals surface area contributed by atoms with Gasteiger partial charge in [-0.3, -0.25) is 0 Å². The molecule has 0 heterocycles.